The summed E-state index contributed by atoms with van der Waals surface area (Å²) >= 11 is 6.84. The van der Waals surface area contributed by atoms with Crippen molar-refractivity contribution in [1.82, 2.24) is 0 Å². The van der Waals surface area contributed by atoms with E-state index in [0.717, 1.165) is 15.7 Å². The van der Waals surface area contributed by atoms with Crippen molar-refractivity contribution < 1.29 is 9.84 Å². The van der Waals surface area contributed by atoms with Gasteiger partial charge in [-0.1, -0.05) is 22.0 Å². The molecular weight excluding hydrogens is 386 g/mol. The van der Waals surface area contributed by atoms with Gasteiger partial charge in [0.25, 0.3) is 0 Å². The summed E-state index contributed by atoms with van der Waals surface area (Å²) in [7, 11) is 1.54. The van der Waals surface area contributed by atoms with Crippen LogP contribution in [0.5, 0.6) is 11.5 Å². The van der Waals surface area contributed by atoms with Gasteiger partial charge in [0.1, 0.15) is 0 Å². The van der Waals surface area contributed by atoms with E-state index in [-0.39, 0.29) is 5.75 Å². The maximum Gasteiger partial charge on any atom is 0.172 e. The first-order valence-electron chi connectivity index (χ1n) is 6.06. The third-order valence-electron chi connectivity index (χ3n) is 2.98. The summed E-state index contributed by atoms with van der Waals surface area (Å²) in [5.41, 5.74) is 3.25. The van der Waals surface area contributed by atoms with Gasteiger partial charge in [-0.2, -0.15) is 0 Å². The van der Waals surface area contributed by atoms with E-state index in [1.807, 2.05) is 24.3 Å². The first-order chi connectivity index (χ1) is 9.51. The Balaban J connectivity index is 2.14. The van der Waals surface area contributed by atoms with Crippen LogP contribution in [0.4, 0.5) is 5.69 Å². The number of aryl methyl sites for hydroxylation is 1. The average molecular weight is 401 g/mol. The zero-order chi connectivity index (χ0) is 14.7. The van der Waals surface area contributed by atoms with E-state index in [1.54, 1.807) is 0 Å². The van der Waals surface area contributed by atoms with Gasteiger partial charge in [0.2, 0.25) is 0 Å². The quantitative estimate of drug-likeness (QED) is 0.770. The lowest BCUT2D eigenvalue weighted by atomic mass is 10.2. The van der Waals surface area contributed by atoms with Gasteiger partial charge < -0.3 is 15.2 Å². The Morgan fingerprint density at radius 3 is 2.55 bits per heavy atom. The number of methoxy groups -OCH3 is 1. The number of phenols is 1. The molecule has 2 aromatic rings. The Morgan fingerprint density at radius 1 is 1.15 bits per heavy atom. The Kier molecular flexibility index (Phi) is 4.94. The number of aromatic hydroxyl groups is 1. The highest BCUT2D eigenvalue weighted by Crippen LogP contribution is 2.35. The number of hydrogen-bond donors (Lipinski definition) is 2. The monoisotopic (exact) mass is 399 g/mol. The maximum atomic E-state index is 9.78. The van der Waals surface area contributed by atoms with Gasteiger partial charge in [0, 0.05) is 16.7 Å². The van der Waals surface area contributed by atoms with Crippen molar-refractivity contribution in [2.45, 2.75) is 13.5 Å². The fraction of sp³-hybridized carbons (Fsp3) is 0.200. The van der Waals surface area contributed by atoms with Crippen LogP contribution >= 0.6 is 31.9 Å². The summed E-state index contributed by atoms with van der Waals surface area (Å²) in [5.74, 6) is 0.579. The number of hydrogen-bond acceptors (Lipinski definition) is 3. The highest BCUT2D eigenvalue weighted by molar-refractivity contribution is 9.10. The second-order valence-corrected chi connectivity index (χ2v) is 6.15. The predicted molar refractivity (Wildman–Crippen MR) is 88.6 cm³/mol. The van der Waals surface area contributed by atoms with E-state index in [0.29, 0.717) is 16.8 Å². The first kappa shape index (κ1) is 15.2. The molecule has 0 fully saturated rings. The highest BCUT2D eigenvalue weighted by atomic mass is 79.9. The molecule has 0 aliphatic rings. The fourth-order valence-corrected chi connectivity index (χ4v) is 2.66. The molecule has 0 atom stereocenters. The number of anilines is 1. The van der Waals surface area contributed by atoms with Crippen molar-refractivity contribution in [3.05, 3.63) is 50.4 Å². The van der Waals surface area contributed by atoms with Crippen LogP contribution in [0.2, 0.25) is 0 Å². The number of phenolic OH excluding ortho intramolecular Hbond substituents is 1. The lowest BCUT2D eigenvalue weighted by Crippen LogP contribution is -2.00. The van der Waals surface area contributed by atoms with Crippen molar-refractivity contribution in [2.75, 3.05) is 12.4 Å². The molecule has 2 aromatic carbocycles. The van der Waals surface area contributed by atoms with Crippen LogP contribution in [0, 0.1) is 6.92 Å². The van der Waals surface area contributed by atoms with Crippen LogP contribution < -0.4 is 10.1 Å². The minimum atomic E-state index is 0.120. The Hall–Kier alpha value is -1.20. The number of halogens is 2. The smallest absolute Gasteiger partial charge is 0.172 e. The lowest BCUT2D eigenvalue weighted by Gasteiger charge is -2.11. The van der Waals surface area contributed by atoms with E-state index in [1.165, 1.54) is 12.7 Å². The second kappa shape index (κ2) is 6.50. The molecule has 106 valence electrons. The van der Waals surface area contributed by atoms with Crippen LogP contribution in [0.25, 0.3) is 0 Å². The molecule has 3 nitrogen and oxygen atoms in total. The van der Waals surface area contributed by atoms with Gasteiger partial charge in [0.15, 0.2) is 11.5 Å². The number of benzene rings is 2. The molecule has 0 spiro atoms. The minimum absolute atomic E-state index is 0.120. The summed E-state index contributed by atoms with van der Waals surface area (Å²) in [6.45, 7) is 2.69. The summed E-state index contributed by atoms with van der Waals surface area (Å²) in [6.07, 6.45) is 0. The van der Waals surface area contributed by atoms with E-state index in [4.69, 9.17) is 4.74 Å². The number of nitrogens with one attached hydrogen (secondary N) is 1. The predicted octanol–water partition coefficient (Wildman–Crippen LogP) is 4.85. The van der Waals surface area contributed by atoms with E-state index in [9.17, 15) is 5.11 Å². The molecule has 0 amide bonds. The third kappa shape index (κ3) is 3.46. The molecule has 0 unspecified atom stereocenters. The van der Waals surface area contributed by atoms with Gasteiger partial charge in [0.05, 0.1) is 11.6 Å². The molecular formula is C15H15Br2NO2. The zero-order valence-electron chi connectivity index (χ0n) is 11.2. The van der Waals surface area contributed by atoms with Crippen LogP contribution in [0.15, 0.2) is 39.3 Å². The molecule has 20 heavy (non-hydrogen) atoms. The molecule has 5 heteroatoms. The van der Waals surface area contributed by atoms with Gasteiger partial charge in [-0.05, 0) is 58.2 Å². The third-order valence-corrected chi connectivity index (χ3v) is 4.44. The summed E-state index contributed by atoms with van der Waals surface area (Å²) in [5, 5.41) is 13.1. The number of rotatable bonds is 4. The van der Waals surface area contributed by atoms with Crippen LogP contribution in [0.1, 0.15) is 11.1 Å². The summed E-state index contributed by atoms with van der Waals surface area (Å²) in [6, 6.07) is 9.82. The average Bonchev–Trinajstić information content (AvgIpc) is 2.43. The molecule has 0 bridgehead atoms. The Bertz CT molecular complexity index is 630. The maximum absolute atomic E-state index is 9.78. The minimum Gasteiger partial charge on any atom is -0.503 e. The largest absolute Gasteiger partial charge is 0.503 e. The molecule has 0 saturated carbocycles. The second-order valence-electron chi connectivity index (χ2n) is 4.45. The Labute approximate surface area is 135 Å². The fourth-order valence-electron chi connectivity index (χ4n) is 1.79. The summed E-state index contributed by atoms with van der Waals surface area (Å²) in [4.78, 5) is 0. The molecule has 0 aliphatic carbocycles. The van der Waals surface area contributed by atoms with Crippen molar-refractivity contribution >= 4 is 37.5 Å². The van der Waals surface area contributed by atoms with Crippen molar-refractivity contribution in [2.24, 2.45) is 0 Å². The van der Waals surface area contributed by atoms with Gasteiger partial charge >= 0.3 is 0 Å². The van der Waals surface area contributed by atoms with Crippen molar-refractivity contribution in [3.63, 3.8) is 0 Å². The van der Waals surface area contributed by atoms with Crippen molar-refractivity contribution in [1.29, 1.82) is 0 Å². The SMILES string of the molecule is COc1cc(CNc2ccc(C)c(Br)c2)cc(Br)c1O. The molecule has 2 rings (SSSR count). The number of ether oxygens (including phenoxy) is 1. The Morgan fingerprint density at radius 2 is 1.90 bits per heavy atom. The van der Waals surface area contributed by atoms with E-state index < -0.39 is 0 Å². The molecule has 0 heterocycles. The van der Waals surface area contributed by atoms with Gasteiger partial charge in [-0.3, -0.25) is 0 Å². The zero-order valence-corrected chi connectivity index (χ0v) is 14.4. The summed E-state index contributed by atoms with van der Waals surface area (Å²) < 4.78 is 6.84. The van der Waals surface area contributed by atoms with E-state index in [2.05, 4.69) is 50.2 Å². The molecule has 0 radical (unpaired) electrons. The van der Waals surface area contributed by atoms with Gasteiger partial charge in [-0.25, -0.2) is 0 Å². The van der Waals surface area contributed by atoms with Crippen LogP contribution in [-0.4, -0.2) is 12.2 Å². The van der Waals surface area contributed by atoms with Gasteiger partial charge in [-0.15, -0.1) is 0 Å². The standard InChI is InChI=1S/C15H15Br2NO2/c1-9-3-4-11(7-12(9)16)18-8-10-5-13(17)15(19)14(6-10)20-2/h3-7,18-19H,8H2,1-2H3. The van der Waals surface area contributed by atoms with Crippen LogP contribution in [-0.2, 0) is 6.54 Å². The molecule has 2 N–H and O–H groups in total. The molecule has 0 saturated heterocycles. The molecule has 0 aromatic heterocycles. The first-order valence-corrected chi connectivity index (χ1v) is 7.65. The van der Waals surface area contributed by atoms with Crippen LogP contribution in [0.3, 0.4) is 0 Å². The van der Waals surface area contributed by atoms with E-state index >= 15 is 0 Å². The van der Waals surface area contributed by atoms with Crippen molar-refractivity contribution in [3.8, 4) is 11.5 Å². The highest BCUT2D eigenvalue weighted by Gasteiger charge is 2.08. The molecule has 0 aliphatic heterocycles. The normalized spacial score (nSPS) is 10.4. The lowest BCUT2D eigenvalue weighted by molar-refractivity contribution is 0.371. The topological polar surface area (TPSA) is 41.5 Å².